The summed E-state index contributed by atoms with van der Waals surface area (Å²) < 4.78 is 18.5. The highest BCUT2D eigenvalue weighted by Crippen LogP contribution is 2.20. The zero-order chi connectivity index (χ0) is 19.1. The monoisotopic (exact) mass is 390 g/mol. The number of likely N-dealkylation sites (tertiary alicyclic amines) is 1. The molecule has 144 valence electrons. The van der Waals surface area contributed by atoms with Crippen molar-refractivity contribution in [3.05, 3.63) is 59.8 Å². The summed E-state index contributed by atoms with van der Waals surface area (Å²) in [5.41, 5.74) is 1.23. The van der Waals surface area contributed by atoms with E-state index in [4.69, 9.17) is 4.42 Å². The van der Waals surface area contributed by atoms with Gasteiger partial charge in [0.2, 0.25) is 5.91 Å². The lowest BCUT2D eigenvalue weighted by Crippen LogP contribution is -2.43. The number of nitrogens with one attached hydrogen (secondary N) is 1. The van der Waals surface area contributed by atoms with Crippen molar-refractivity contribution < 1.29 is 18.4 Å². The van der Waals surface area contributed by atoms with Gasteiger partial charge < -0.3 is 14.6 Å². The molecule has 1 aliphatic rings. The first-order valence-corrected chi connectivity index (χ1v) is 10.2. The second-order valence-corrected chi connectivity index (χ2v) is 7.62. The summed E-state index contributed by atoms with van der Waals surface area (Å²) in [5.74, 6) is 1.07. The first kappa shape index (κ1) is 19.5. The van der Waals surface area contributed by atoms with E-state index < -0.39 is 0 Å². The van der Waals surface area contributed by atoms with Gasteiger partial charge in [-0.1, -0.05) is 18.2 Å². The number of nitrogens with zero attached hydrogens (tertiary/aromatic N) is 1. The van der Waals surface area contributed by atoms with Crippen molar-refractivity contribution in [2.24, 2.45) is 5.92 Å². The molecule has 1 saturated heterocycles. The van der Waals surface area contributed by atoms with E-state index in [0.29, 0.717) is 49.4 Å². The average molecular weight is 390 g/mol. The Morgan fingerprint density at radius 3 is 2.70 bits per heavy atom. The van der Waals surface area contributed by atoms with Crippen LogP contribution in [0.5, 0.6) is 0 Å². The predicted octanol–water partition coefficient (Wildman–Crippen LogP) is 3.32. The number of furan rings is 1. The van der Waals surface area contributed by atoms with E-state index in [1.165, 1.54) is 18.6 Å². The number of carbonyl (C=O) groups is 2. The summed E-state index contributed by atoms with van der Waals surface area (Å²) >= 11 is 1.60. The minimum Gasteiger partial charge on any atom is -0.472 e. The Morgan fingerprint density at radius 1 is 1.22 bits per heavy atom. The van der Waals surface area contributed by atoms with Crippen LogP contribution in [0.4, 0.5) is 4.39 Å². The molecule has 0 saturated carbocycles. The highest BCUT2D eigenvalue weighted by atomic mass is 32.2. The number of rotatable bonds is 7. The predicted molar refractivity (Wildman–Crippen MR) is 103 cm³/mol. The summed E-state index contributed by atoms with van der Waals surface area (Å²) in [4.78, 5) is 26.3. The number of amides is 2. The third-order valence-electron chi connectivity index (χ3n) is 4.68. The SMILES string of the molecule is O=C(NCCSCc1ccccc1F)C1CCN(C(=O)c2ccoc2)CC1. The van der Waals surface area contributed by atoms with Crippen LogP contribution in [0.1, 0.15) is 28.8 Å². The van der Waals surface area contributed by atoms with E-state index >= 15 is 0 Å². The first-order valence-electron chi connectivity index (χ1n) is 9.05. The van der Waals surface area contributed by atoms with E-state index in [-0.39, 0.29) is 23.5 Å². The average Bonchev–Trinajstić information content (AvgIpc) is 3.23. The number of hydrogen-bond acceptors (Lipinski definition) is 4. The van der Waals surface area contributed by atoms with Gasteiger partial charge in [-0.3, -0.25) is 9.59 Å². The van der Waals surface area contributed by atoms with Crippen molar-refractivity contribution >= 4 is 23.6 Å². The number of piperidine rings is 1. The summed E-state index contributed by atoms with van der Waals surface area (Å²) in [6, 6.07) is 8.39. The largest absolute Gasteiger partial charge is 0.472 e. The number of carbonyl (C=O) groups excluding carboxylic acids is 2. The fraction of sp³-hybridized carbons (Fsp3) is 0.400. The van der Waals surface area contributed by atoms with Gasteiger partial charge in [0.15, 0.2) is 0 Å². The molecule has 3 rings (SSSR count). The molecule has 1 aromatic carbocycles. The topological polar surface area (TPSA) is 62.6 Å². The molecule has 2 heterocycles. The first-order chi connectivity index (χ1) is 13.1. The molecule has 1 N–H and O–H groups in total. The second kappa shape index (κ2) is 9.60. The standard InChI is InChI=1S/C20H23FN2O3S/c21-18-4-2-1-3-17(18)14-27-12-8-22-19(24)15-5-9-23(10-6-15)20(25)16-7-11-26-13-16/h1-4,7,11,13,15H,5-6,8-10,12,14H2,(H,22,24). The van der Waals surface area contributed by atoms with Crippen molar-refractivity contribution in [1.82, 2.24) is 10.2 Å². The third kappa shape index (κ3) is 5.35. The molecule has 5 nitrogen and oxygen atoms in total. The Morgan fingerprint density at radius 2 is 2.00 bits per heavy atom. The van der Waals surface area contributed by atoms with Crippen molar-refractivity contribution in [3.63, 3.8) is 0 Å². The Hall–Kier alpha value is -2.28. The van der Waals surface area contributed by atoms with Gasteiger partial charge in [-0.25, -0.2) is 4.39 Å². The molecule has 1 aromatic heterocycles. The molecule has 0 unspecified atom stereocenters. The zero-order valence-corrected chi connectivity index (χ0v) is 15.8. The van der Waals surface area contributed by atoms with Crippen LogP contribution in [0.15, 0.2) is 47.3 Å². The Bertz CT molecular complexity index is 758. The maximum Gasteiger partial charge on any atom is 0.257 e. The van der Waals surface area contributed by atoms with Crippen molar-refractivity contribution in [1.29, 1.82) is 0 Å². The minimum atomic E-state index is -0.189. The second-order valence-electron chi connectivity index (χ2n) is 6.51. The van der Waals surface area contributed by atoms with Gasteiger partial charge in [-0.2, -0.15) is 11.8 Å². The third-order valence-corrected chi connectivity index (χ3v) is 5.69. The fourth-order valence-corrected chi connectivity index (χ4v) is 3.95. The Balaban J connectivity index is 1.33. The number of halogens is 1. The lowest BCUT2D eigenvalue weighted by atomic mass is 9.95. The quantitative estimate of drug-likeness (QED) is 0.737. The van der Waals surface area contributed by atoms with E-state index in [1.54, 1.807) is 34.9 Å². The Kier molecular flexibility index (Phi) is 6.92. The maximum atomic E-state index is 13.5. The summed E-state index contributed by atoms with van der Waals surface area (Å²) in [6.45, 7) is 1.71. The molecular weight excluding hydrogens is 367 g/mol. The molecule has 1 fully saturated rings. The Labute approximate surface area is 162 Å². The van der Waals surface area contributed by atoms with Gasteiger partial charge in [-0.15, -0.1) is 0 Å². The van der Waals surface area contributed by atoms with Crippen LogP contribution >= 0.6 is 11.8 Å². The fourth-order valence-electron chi connectivity index (χ4n) is 3.10. The summed E-state index contributed by atoms with van der Waals surface area (Å²) in [7, 11) is 0. The summed E-state index contributed by atoms with van der Waals surface area (Å²) in [5, 5.41) is 2.95. The molecule has 0 aliphatic carbocycles. The van der Waals surface area contributed by atoms with Gasteiger partial charge in [-0.05, 0) is 30.5 Å². The van der Waals surface area contributed by atoms with Gasteiger partial charge >= 0.3 is 0 Å². The molecule has 7 heteroatoms. The van der Waals surface area contributed by atoms with Crippen molar-refractivity contribution in [2.45, 2.75) is 18.6 Å². The lowest BCUT2D eigenvalue weighted by molar-refractivity contribution is -0.126. The molecule has 2 aromatic rings. The lowest BCUT2D eigenvalue weighted by Gasteiger charge is -2.31. The van der Waals surface area contributed by atoms with Crippen molar-refractivity contribution in [3.8, 4) is 0 Å². The highest BCUT2D eigenvalue weighted by molar-refractivity contribution is 7.98. The number of thioether (sulfide) groups is 1. The summed E-state index contributed by atoms with van der Waals surface area (Å²) in [6.07, 6.45) is 4.26. The van der Waals surface area contributed by atoms with Gasteiger partial charge in [0, 0.05) is 37.1 Å². The molecule has 0 atom stereocenters. The van der Waals surface area contributed by atoms with E-state index in [9.17, 15) is 14.0 Å². The minimum absolute atomic E-state index is 0.0388. The smallest absolute Gasteiger partial charge is 0.257 e. The van der Waals surface area contributed by atoms with Crippen LogP contribution in [-0.2, 0) is 10.5 Å². The van der Waals surface area contributed by atoms with E-state index in [0.717, 1.165) is 5.75 Å². The molecule has 27 heavy (non-hydrogen) atoms. The molecule has 2 amide bonds. The van der Waals surface area contributed by atoms with Crippen LogP contribution in [0, 0.1) is 11.7 Å². The van der Waals surface area contributed by atoms with Crippen molar-refractivity contribution in [2.75, 3.05) is 25.4 Å². The van der Waals surface area contributed by atoms with E-state index in [2.05, 4.69) is 5.32 Å². The number of benzene rings is 1. The zero-order valence-electron chi connectivity index (χ0n) is 15.0. The van der Waals surface area contributed by atoms with Crippen LogP contribution in [-0.4, -0.2) is 42.1 Å². The maximum absolute atomic E-state index is 13.5. The van der Waals surface area contributed by atoms with Crippen LogP contribution in [0.25, 0.3) is 0 Å². The molecule has 0 spiro atoms. The molecular formula is C20H23FN2O3S. The van der Waals surface area contributed by atoms with Gasteiger partial charge in [0.25, 0.3) is 5.91 Å². The molecule has 1 aliphatic heterocycles. The van der Waals surface area contributed by atoms with Gasteiger partial charge in [0.1, 0.15) is 12.1 Å². The van der Waals surface area contributed by atoms with Crippen LogP contribution in [0.3, 0.4) is 0 Å². The number of hydrogen-bond donors (Lipinski definition) is 1. The normalized spacial score (nSPS) is 14.9. The molecule has 0 radical (unpaired) electrons. The molecule has 0 bridgehead atoms. The van der Waals surface area contributed by atoms with E-state index in [1.807, 2.05) is 6.07 Å². The van der Waals surface area contributed by atoms with Crippen LogP contribution in [0.2, 0.25) is 0 Å². The highest BCUT2D eigenvalue weighted by Gasteiger charge is 2.27. The van der Waals surface area contributed by atoms with Crippen LogP contribution < -0.4 is 5.32 Å². The van der Waals surface area contributed by atoms with Gasteiger partial charge in [0.05, 0.1) is 11.8 Å².